The number of fused-ring (bicyclic) bond motifs is 2. The van der Waals surface area contributed by atoms with Crippen LogP contribution < -0.4 is 9.05 Å². The van der Waals surface area contributed by atoms with Gasteiger partial charge in [0.15, 0.2) is 5.58 Å². The number of benzene rings is 4. The largest absolute Gasteiger partial charge is 0.436 e. The highest BCUT2D eigenvalue weighted by Crippen LogP contribution is 2.55. The van der Waals surface area contributed by atoms with Crippen LogP contribution in [0.25, 0.3) is 33.3 Å². The molecule has 1 aromatic heterocycles. The van der Waals surface area contributed by atoms with Crippen LogP contribution in [0.1, 0.15) is 0 Å². The van der Waals surface area contributed by atoms with Gasteiger partial charge in [0.2, 0.25) is 5.89 Å². The number of halogens is 1. The Hall–Kier alpha value is -2.85. The maximum absolute atomic E-state index is 6.53. The maximum Gasteiger partial charge on any atom is 0.384 e. The summed E-state index contributed by atoms with van der Waals surface area (Å²) in [5.41, 5.74) is 2.14. The van der Waals surface area contributed by atoms with E-state index in [0.717, 1.165) is 16.3 Å². The molecule has 0 bridgehead atoms. The van der Waals surface area contributed by atoms with E-state index in [1.807, 2.05) is 78.9 Å². The van der Waals surface area contributed by atoms with Crippen molar-refractivity contribution in [3.05, 3.63) is 91.0 Å². The van der Waals surface area contributed by atoms with Crippen LogP contribution in [0.4, 0.5) is 0 Å². The van der Waals surface area contributed by atoms with Crippen LogP contribution in [-0.2, 0) is 11.8 Å². The minimum atomic E-state index is -3.16. The van der Waals surface area contributed by atoms with E-state index in [1.54, 1.807) is 12.1 Å². The number of aromatic nitrogens is 1. The summed E-state index contributed by atoms with van der Waals surface area (Å²) in [4.78, 5) is 4.66. The smallest absolute Gasteiger partial charge is 0.384 e. The molecule has 0 fully saturated rings. The van der Waals surface area contributed by atoms with E-state index in [0.29, 0.717) is 28.5 Å². The van der Waals surface area contributed by atoms with Crippen molar-refractivity contribution in [3.63, 3.8) is 0 Å². The summed E-state index contributed by atoms with van der Waals surface area (Å²) in [6, 6.07) is 28.5. The molecule has 1 atom stereocenters. The van der Waals surface area contributed by atoms with Gasteiger partial charge in [-0.25, -0.2) is 4.98 Å². The van der Waals surface area contributed by atoms with Gasteiger partial charge in [-0.05, 0) is 52.3 Å². The molecular weight excluding hydrogens is 437 g/mol. The zero-order valence-electron chi connectivity index (χ0n) is 15.6. The lowest BCUT2D eigenvalue weighted by Gasteiger charge is -2.19. The minimum absolute atomic E-state index is 0.439. The maximum atomic E-state index is 6.53. The first-order valence-electron chi connectivity index (χ1n) is 9.21. The van der Waals surface area contributed by atoms with Gasteiger partial charge >= 0.3 is 5.84 Å². The van der Waals surface area contributed by atoms with Crippen LogP contribution in [0.5, 0.6) is 11.5 Å². The number of hydrogen-bond acceptors (Lipinski definition) is 5. The topological polar surface area (TPSA) is 44.5 Å². The first-order valence-corrected chi connectivity index (χ1v) is 12.7. The molecule has 0 spiro atoms. The normalized spacial score (nSPS) is 13.2. The second kappa shape index (κ2) is 7.77. The van der Waals surface area contributed by atoms with Crippen molar-refractivity contribution in [2.24, 2.45) is 0 Å². The number of oxazole rings is 1. The summed E-state index contributed by atoms with van der Waals surface area (Å²) in [5.74, 6) is -1.70. The van der Waals surface area contributed by atoms with Gasteiger partial charge in [0.05, 0.1) is 5.56 Å². The van der Waals surface area contributed by atoms with Gasteiger partial charge in [-0.1, -0.05) is 60.7 Å². The molecule has 0 aliphatic heterocycles. The van der Waals surface area contributed by atoms with Gasteiger partial charge in [-0.2, -0.15) is 0 Å². The van der Waals surface area contributed by atoms with E-state index in [9.17, 15) is 0 Å². The average Bonchev–Trinajstić information content (AvgIpc) is 3.17. The quantitative estimate of drug-likeness (QED) is 0.258. The van der Waals surface area contributed by atoms with E-state index in [-0.39, 0.29) is 0 Å². The van der Waals surface area contributed by atoms with E-state index in [2.05, 4.69) is 4.98 Å². The summed E-state index contributed by atoms with van der Waals surface area (Å²) in [6.07, 6.45) is 0. The third kappa shape index (κ3) is 3.80. The fraction of sp³-hybridized carbons (Fsp3) is 0. The highest BCUT2D eigenvalue weighted by atomic mass is 35.7. The third-order valence-corrected chi connectivity index (χ3v) is 6.27. The Morgan fingerprint density at radius 2 is 1.53 bits per heavy atom. The molecule has 0 saturated heterocycles. The minimum Gasteiger partial charge on any atom is -0.436 e. The van der Waals surface area contributed by atoms with Crippen molar-refractivity contribution in [1.29, 1.82) is 0 Å². The fourth-order valence-corrected chi connectivity index (χ4v) is 5.03. The molecule has 30 heavy (non-hydrogen) atoms. The molecule has 1 unspecified atom stereocenters. The number of para-hydroxylation sites is 3. The summed E-state index contributed by atoms with van der Waals surface area (Å²) < 4.78 is 17.9. The average molecular weight is 452 g/mol. The molecule has 7 heteroatoms. The lowest BCUT2D eigenvalue weighted by molar-refractivity contribution is 0.504. The predicted octanol–water partition coefficient (Wildman–Crippen LogP) is 7.57. The standard InChI is InChI=1S/C23H15ClNO3PS/c24-29(30,27-17-9-2-1-3-10-17)28-21-15-14-16-8-4-5-11-18(16)22(21)23-25-19-12-6-7-13-20(19)26-23/h1-15H. The summed E-state index contributed by atoms with van der Waals surface area (Å²) >= 11 is 12.0. The third-order valence-electron chi connectivity index (χ3n) is 4.56. The van der Waals surface area contributed by atoms with Crippen LogP contribution in [0.2, 0.25) is 0 Å². The van der Waals surface area contributed by atoms with Crippen molar-refractivity contribution in [2.75, 3.05) is 0 Å². The van der Waals surface area contributed by atoms with Gasteiger partial charge in [0.1, 0.15) is 17.0 Å². The van der Waals surface area contributed by atoms with Crippen LogP contribution in [0.15, 0.2) is 95.4 Å². The summed E-state index contributed by atoms with van der Waals surface area (Å²) in [5, 5.41) is 1.95. The zero-order chi connectivity index (χ0) is 20.6. The monoisotopic (exact) mass is 451 g/mol. The Labute approximate surface area is 183 Å². The molecule has 0 radical (unpaired) electrons. The first kappa shape index (κ1) is 19.1. The Kier molecular flexibility index (Phi) is 4.95. The summed E-state index contributed by atoms with van der Waals surface area (Å²) in [7, 11) is 0. The lowest BCUT2D eigenvalue weighted by atomic mass is 10.0. The molecule has 0 saturated carbocycles. The molecule has 1 heterocycles. The van der Waals surface area contributed by atoms with Crippen LogP contribution in [-0.4, -0.2) is 4.98 Å². The van der Waals surface area contributed by atoms with Crippen molar-refractivity contribution in [3.8, 4) is 23.0 Å². The van der Waals surface area contributed by atoms with Gasteiger partial charge in [0.25, 0.3) is 0 Å². The van der Waals surface area contributed by atoms with Crippen LogP contribution in [0.3, 0.4) is 0 Å². The Morgan fingerprint density at radius 1 is 0.800 bits per heavy atom. The Bertz CT molecular complexity index is 1370. The molecule has 148 valence electrons. The molecule has 5 rings (SSSR count). The SMILES string of the molecule is S=P(Cl)(Oc1ccccc1)Oc1ccc2ccccc2c1-c1nc2ccccc2o1. The number of hydrogen-bond donors (Lipinski definition) is 0. The fourth-order valence-electron chi connectivity index (χ4n) is 3.27. The second-order valence-corrected chi connectivity index (χ2v) is 11.2. The lowest BCUT2D eigenvalue weighted by Crippen LogP contribution is -1.97. The van der Waals surface area contributed by atoms with Crippen LogP contribution >= 0.6 is 17.1 Å². The zero-order valence-corrected chi connectivity index (χ0v) is 18.0. The molecule has 4 aromatic carbocycles. The molecule has 0 aliphatic carbocycles. The summed E-state index contributed by atoms with van der Waals surface area (Å²) in [6.45, 7) is 0. The van der Waals surface area contributed by atoms with E-state index in [4.69, 9.17) is 36.5 Å². The molecule has 5 aromatic rings. The Morgan fingerprint density at radius 3 is 2.37 bits per heavy atom. The number of nitrogens with zero attached hydrogens (tertiary/aromatic N) is 1. The van der Waals surface area contributed by atoms with Crippen molar-refractivity contribution in [2.45, 2.75) is 0 Å². The highest BCUT2D eigenvalue weighted by Gasteiger charge is 2.24. The highest BCUT2D eigenvalue weighted by molar-refractivity contribution is 8.22. The predicted molar refractivity (Wildman–Crippen MR) is 125 cm³/mol. The van der Waals surface area contributed by atoms with Gasteiger partial charge in [-0.15, -0.1) is 0 Å². The van der Waals surface area contributed by atoms with Crippen molar-refractivity contribution < 1.29 is 13.5 Å². The van der Waals surface area contributed by atoms with Crippen molar-refractivity contribution in [1.82, 2.24) is 4.98 Å². The van der Waals surface area contributed by atoms with Gasteiger partial charge in [-0.3, -0.25) is 0 Å². The van der Waals surface area contributed by atoms with Gasteiger partial charge in [0, 0.05) is 11.8 Å². The van der Waals surface area contributed by atoms with Crippen molar-refractivity contribution >= 4 is 50.8 Å². The Balaban J connectivity index is 1.63. The van der Waals surface area contributed by atoms with E-state index >= 15 is 0 Å². The molecule has 0 aliphatic rings. The van der Waals surface area contributed by atoms with Crippen LogP contribution in [0, 0.1) is 0 Å². The van der Waals surface area contributed by atoms with Gasteiger partial charge < -0.3 is 13.5 Å². The molecule has 0 amide bonds. The van der Waals surface area contributed by atoms with E-state index in [1.165, 1.54) is 0 Å². The molecule has 4 nitrogen and oxygen atoms in total. The number of rotatable bonds is 5. The second-order valence-electron chi connectivity index (χ2n) is 6.57. The van der Waals surface area contributed by atoms with E-state index < -0.39 is 5.84 Å². The first-order chi connectivity index (χ1) is 14.6. The molecule has 0 N–H and O–H groups in total. The molecular formula is C23H15ClNO3PS.